The van der Waals surface area contributed by atoms with Crippen molar-refractivity contribution in [3.63, 3.8) is 0 Å². The molecule has 38 heavy (non-hydrogen) atoms. The number of hydrogen-bond acceptors (Lipinski definition) is 7. The van der Waals surface area contributed by atoms with E-state index in [2.05, 4.69) is 15.8 Å². The predicted octanol–water partition coefficient (Wildman–Crippen LogP) is 4.56. The zero-order valence-electron chi connectivity index (χ0n) is 20.8. The number of hydrazone groups is 1. The van der Waals surface area contributed by atoms with Crippen LogP contribution in [-0.2, 0) is 9.59 Å². The molecule has 0 aliphatic heterocycles. The van der Waals surface area contributed by atoms with Gasteiger partial charge in [-0.1, -0.05) is 30.3 Å². The summed E-state index contributed by atoms with van der Waals surface area (Å²) in [7, 11) is 1.54. The molecule has 0 saturated heterocycles. The van der Waals surface area contributed by atoms with Crippen molar-refractivity contribution in [2.75, 3.05) is 19.0 Å². The molecule has 0 spiro atoms. The Kier molecular flexibility index (Phi) is 8.30. The Balaban J connectivity index is 1.49. The van der Waals surface area contributed by atoms with E-state index in [9.17, 15) is 14.4 Å². The molecule has 4 aromatic carbocycles. The first-order valence-electron chi connectivity index (χ1n) is 11.7. The van der Waals surface area contributed by atoms with E-state index in [1.165, 1.54) is 13.3 Å². The Morgan fingerprint density at radius 1 is 0.842 bits per heavy atom. The quantitative estimate of drug-likeness (QED) is 0.118. The van der Waals surface area contributed by atoms with Crippen LogP contribution in [0.3, 0.4) is 0 Å². The highest BCUT2D eigenvalue weighted by Crippen LogP contribution is 2.27. The number of carbonyl (C=O) groups is 3. The fraction of sp³-hybridized carbons (Fsp3) is 0.103. The molecule has 9 nitrogen and oxygen atoms in total. The van der Waals surface area contributed by atoms with Gasteiger partial charge in [0.05, 0.1) is 25.5 Å². The van der Waals surface area contributed by atoms with E-state index in [4.69, 9.17) is 14.2 Å². The lowest BCUT2D eigenvalue weighted by Crippen LogP contribution is -2.32. The fourth-order valence-corrected chi connectivity index (χ4v) is 3.58. The molecule has 0 bridgehead atoms. The standard InChI is InChI=1S/C29H25N3O6/c1-3-37-23-15-11-21(12-16-23)31-27(33)28(34)32-30-18-25-24-7-5-4-6-19(24)10-17-26(25)38-29(35)20-8-13-22(36-2)14-9-20/h4-18H,3H2,1-2H3,(H,31,33)(H,32,34)/b30-18+. The van der Waals surface area contributed by atoms with Gasteiger partial charge in [-0.2, -0.15) is 5.10 Å². The maximum atomic E-state index is 12.8. The van der Waals surface area contributed by atoms with Crippen molar-refractivity contribution < 1.29 is 28.6 Å². The van der Waals surface area contributed by atoms with Crippen LogP contribution in [0, 0.1) is 0 Å². The lowest BCUT2D eigenvalue weighted by molar-refractivity contribution is -0.136. The van der Waals surface area contributed by atoms with Crippen molar-refractivity contribution in [2.45, 2.75) is 6.92 Å². The molecule has 0 saturated carbocycles. The second kappa shape index (κ2) is 12.2. The molecule has 0 aromatic heterocycles. The van der Waals surface area contributed by atoms with Crippen LogP contribution in [0.4, 0.5) is 5.69 Å². The number of amides is 2. The summed E-state index contributed by atoms with van der Waals surface area (Å²) < 4.78 is 16.1. The predicted molar refractivity (Wildman–Crippen MR) is 144 cm³/mol. The van der Waals surface area contributed by atoms with E-state index >= 15 is 0 Å². The molecular formula is C29H25N3O6. The zero-order valence-corrected chi connectivity index (χ0v) is 20.8. The van der Waals surface area contributed by atoms with Crippen molar-refractivity contribution in [3.05, 3.63) is 96.1 Å². The highest BCUT2D eigenvalue weighted by atomic mass is 16.5. The summed E-state index contributed by atoms with van der Waals surface area (Å²) in [5.74, 6) is -0.930. The normalized spacial score (nSPS) is 10.7. The van der Waals surface area contributed by atoms with Crippen LogP contribution < -0.4 is 25.0 Å². The highest BCUT2D eigenvalue weighted by molar-refractivity contribution is 6.39. The Morgan fingerprint density at radius 2 is 1.55 bits per heavy atom. The Morgan fingerprint density at radius 3 is 2.26 bits per heavy atom. The van der Waals surface area contributed by atoms with Crippen LogP contribution in [0.2, 0.25) is 0 Å². The minimum atomic E-state index is -0.966. The first kappa shape index (κ1) is 25.9. The van der Waals surface area contributed by atoms with E-state index in [0.717, 1.165) is 10.8 Å². The molecule has 0 atom stereocenters. The molecule has 9 heteroatoms. The van der Waals surface area contributed by atoms with Crippen LogP contribution in [0.1, 0.15) is 22.8 Å². The van der Waals surface area contributed by atoms with Crippen LogP contribution in [0.15, 0.2) is 90.0 Å². The summed E-state index contributed by atoms with van der Waals surface area (Å²) in [6.45, 7) is 2.39. The number of hydrogen-bond donors (Lipinski definition) is 2. The van der Waals surface area contributed by atoms with Gasteiger partial charge in [0, 0.05) is 11.3 Å². The van der Waals surface area contributed by atoms with Gasteiger partial charge in [-0.3, -0.25) is 9.59 Å². The van der Waals surface area contributed by atoms with Gasteiger partial charge in [0.15, 0.2) is 0 Å². The van der Waals surface area contributed by atoms with Gasteiger partial charge in [-0.25, -0.2) is 10.2 Å². The number of carbonyl (C=O) groups excluding carboxylic acids is 3. The van der Waals surface area contributed by atoms with E-state index in [0.29, 0.717) is 34.9 Å². The smallest absolute Gasteiger partial charge is 0.343 e. The lowest BCUT2D eigenvalue weighted by Gasteiger charge is -2.11. The third-order valence-electron chi connectivity index (χ3n) is 5.45. The molecule has 2 N–H and O–H groups in total. The second-order valence-electron chi connectivity index (χ2n) is 7.93. The Labute approximate surface area is 219 Å². The molecule has 0 heterocycles. The molecule has 0 fully saturated rings. The summed E-state index contributed by atoms with van der Waals surface area (Å²) in [5.41, 5.74) is 3.43. The maximum Gasteiger partial charge on any atom is 0.343 e. The SMILES string of the molecule is CCOc1ccc(NC(=O)C(=O)N/N=C/c2c(OC(=O)c3ccc(OC)cc3)ccc3ccccc23)cc1. The summed E-state index contributed by atoms with van der Waals surface area (Å²) in [6, 6.07) is 24.0. The number of nitrogens with zero attached hydrogens (tertiary/aromatic N) is 1. The molecule has 4 rings (SSSR count). The first-order chi connectivity index (χ1) is 18.5. The number of anilines is 1. The monoisotopic (exact) mass is 511 g/mol. The van der Waals surface area contributed by atoms with Gasteiger partial charge in [-0.15, -0.1) is 0 Å². The van der Waals surface area contributed by atoms with E-state index in [-0.39, 0.29) is 5.75 Å². The molecule has 0 unspecified atom stereocenters. The van der Waals surface area contributed by atoms with Gasteiger partial charge in [-0.05, 0) is 72.3 Å². The highest BCUT2D eigenvalue weighted by Gasteiger charge is 2.15. The average molecular weight is 512 g/mol. The molecular weight excluding hydrogens is 486 g/mol. The third-order valence-corrected chi connectivity index (χ3v) is 5.45. The Hall–Kier alpha value is -5.18. The van der Waals surface area contributed by atoms with Gasteiger partial charge in [0.25, 0.3) is 0 Å². The number of benzene rings is 4. The van der Waals surface area contributed by atoms with E-state index in [1.54, 1.807) is 54.6 Å². The molecule has 0 radical (unpaired) electrons. The number of rotatable bonds is 8. The number of ether oxygens (including phenoxy) is 3. The summed E-state index contributed by atoms with van der Waals surface area (Å²) in [4.78, 5) is 37.4. The van der Waals surface area contributed by atoms with Gasteiger partial charge < -0.3 is 19.5 Å². The summed E-state index contributed by atoms with van der Waals surface area (Å²) in [5, 5.41) is 8.05. The average Bonchev–Trinajstić information content (AvgIpc) is 2.95. The number of methoxy groups -OCH3 is 1. The minimum absolute atomic E-state index is 0.237. The van der Waals surface area contributed by atoms with Crippen LogP contribution in [0.5, 0.6) is 17.2 Å². The molecule has 2 amide bonds. The van der Waals surface area contributed by atoms with Crippen LogP contribution >= 0.6 is 0 Å². The topological polar surface area (TPSA) is 115 Å². The summed E-state index contributed by atoms with van der Waals surface area (Å²) >= 11 is 0. The minimum Gasteiger partial charge on any atom is -0.497 e. The number of fused-ring (bicyclic) bond motifs is 1. The Bertz CT molecular complexity index is 1480. The second-order valence-corrected chi connectivity index (χ2v) is 7.93. The number of esters is 1. The van der Waals surface area contributed by atoms with Crippen molar-refractivity contribution >= 4 is 40.5 Å². The van der Waals surface area contributed by atoms with Gasteiger partial charge in [0.1, 0.15) is 17.2 Å². The molecule has 192 valence electrons. The first-order valence-corrected chi connectivity index (χ1v) is 11.7. The van der Waals surface area contributed by atoms with Crippen LogP contribution in [-0.4, -0.2) is 37.7 Å². The molecule has 0 aliphatic carbocycles. The third kappa shape index (κ3) is 6.33. The lowest BCUT2D eigenvalue weighted by atomic mass is 10.0. The van der Waals surface area contributed by atoms with Crippen LogP contribution in [0.25, 0.3) is 10.8 Å². The van der Waals surface area contributed by atoms with Crippen molar-refractivity contribution in [3.8, 4) is 17.2 Å². The molecule has 0 aliphatic rings. The maximum absolute atomic E-state index is 12.8. The van der Waals surface area contributed by atoms with Gasteiger partial charge >= 0.3 is 17.8 Å². The van der Waals surface area contributed by atoms with Crippen molar-refractivity contribution in [1.82, 2.24) is 5.43 Å². The van der Waals surface area contributed by atoms with Gasteiger partial charge in [0.2, 0.25) is 0 Å². The summed E-state index contributed by atoms with van der Waals surface area (Å²) in [6.07, 6.45) is 1.33. The number of nitrogens with one attached hydrogen (secondary N) is 2. The van der Waals surface area contributed by atoms with E-state index < -0.39 is 17.8 Å². The fourth-order valence-electron chi connectivity index (χ4n) is 3.58. The van der Waals surface area contributed by atoms with E-state index in [1.807, 2.05) is 37.3 Å². The zero-order chi connectivity index (χ0) is 26.9. The largest absolute Gasteiger partial charge is 0.497 e. The van der Waals surface area contributed by atoms with Crippen molar-refractivity contribution in [1.29, 1.82) is 0 Å². The molecule has 4 aromatic rings. The van der Waals surface area contributed by atoms with Crippen molar-refractivity contribution in [2.24, 2.45) is 5.10 Å².